The Morgan fingerprint density at radius 1 is 1.36 bits per heavy atom. The van der Waals surface area contributed by atoms with Crippen LogP contribution in [0.1, 0.15) is 13.3 Å². The first-order valence-electron chi connectivity index (χ1n) is 4.32. The summed E-state index contributed by atoms with van der Waals surface area (Å²) >= 11 is 3.58. The van der Waals surface area contributed by atoms with E-state index in [0.717, 1.165) is 0 Å². The van der Waals surface area contributed by atoms with Crippen LogP contribution in [0.15, 0.2) is 0 Å². The van der Waals surface area contributed by atoms with Gasteiger partial charge in [-0.3, -0.25) is 9.59 Å². The van der Waals surface area contributed by atoms with Crippen LogP contribution < -0.4 is 0 Å². The van der Waals surface area contributed by atoms with E-state index < -0.39 is 16.5 Å². The normalized spacial score (nSPS) is 16.1. The van der Waals surface area contributed by atoms with Crippen molar-refractivity contribution >= 4 is 23.5 Å². The molecular formula is C9H18NO3S+. The van der Waals surface area contributed by atoms with E-state index in [1.54, 1.807) is 0 Å². The van der Waals surface area contributed by atoms with Crippen molar-refractivity contribution in [2.45, 2.75) is 18.9 Å². The fourth-order valence-electron chi connectivity index (χ4n) is 1.33. The summed E-state index contributed by atoms with van der Waals surface area (Å²) in [5.74, 6) is -0.395. The Morgan fingerprint density at radius 2 is 1.79 bits per heavy atom. The molecule has 0 saturated carbocycles. The standard InChI is InChI=1S/C9H17NO3S/c1-7(11)9(13,5-8(12)14)6-10(2,3)4/h13H,5-6H2,1-4H3/p+1. The molecule has 0 heterocycles. The van der Waals surface area contributed by atoms with E-state index in [0.29, 0.717) is 4.48 Å². The second-order valence-electron chi connectivity index (χ2n) is 4.61. The minimum Gasteiger partial charge on any atom is -0.376 e. The van der Waals surface area contributed by atoms with Gasteiger partial charge < -0.3 is 9.59 Å². The van der Waals surface area contributed by atoms with Gasteiger partial charge in [-0.1, -0.05) is 0 Å². The number of aliphatic hydroxyl groups is 1. The van der Waals surface area contributed by atoms with Crippen molar-refractivity contribution in [2.24, 2.45) is 0 Å². The SMILES string of the molecule is CC(=O)C(O)(CC(=O)S)C[N+](C)(C)C. The predicted octanol–water partition coefficient (Wildman–Crippen LogP) is -0.141. The van der Waals surface area contributed by atoms with Crippen molar-refractivity contribution in [3.05, 3.63) is 0 Å². The Kier molecular flexibility index (Phi) is 4.30. The Bertz CT molecular complexity index is 247. The molecule has 1 N–H and O–H groups in total. The van der Waals surface area contributed by atoms with Gasteiger partial charge in [-0.2, -0.15) is 0 Å². The lowest BCUT2D eigenvalue weighted by Crippen LogP contribution is -2.53. The summed E-state index contributed by atoms with van der Waals surface area (Å²) in [6, 6.07) is 0. The largest absolute Gasteiger partial charge is 0.376 e. The minimum absolute atomic E-state index is 0.203. The molecule has 1 atom stereocenters. The summed E-state index contributed by atoms with van der Waals surface area (Å²) in [6.45, 7) is 1.49. The van der Waals surface area contributed by atoms with Crippen molar-refractivity contribution in [3.63, 3.8) is 0 Å². The summed E-state index contributed by atoms with van der Waals surface area (Å²) in [7, 11) is 5.53. The lowest BCUT2D eigenvalue weighted by Gasteiger charge is -2.33. The number of rotatable bonds is 5. The number of likely N-dealkylation sites (N-methyl/N-ethyl adjacent to an activating group) is 1. The molecule has 0 spiro atoms. The zero-order valence-corrected chi connectivity index (χ0v) is 9.97. The van der Waals surface area contributed by atoms with E-state index in [-0.39, 0.29) is 13.0 Å². The van der Waals surface area contributed by atoms with Gasteiger partial charge in [0.1, 0.15) is 6.54 Å². The van der Waals surface area contributed by atoms with Crippen LogP contribution in [0.4, 0.5) is 0 Å². The molecule has 14 heavy (non-hydrogen) atoms. The van der Waals surface area contributed by atoms with Gasteiger partial charge in [-0.15, -0.1) is 12.6 Å². The maximum atomic E-state index is 11.2. The Hall–Kier alpha value is -0.390. The zero-order chi connectivity index (χ0) is 11.6. The molecule has 0 rings (SSSR count). The van der Waals surface area contributed by atoms with Gasteiger partial charge in [0.2, 0.25) is 0 Å². The zero-order valence-electron chi connectivity index (χ0n) is 9.07. The third kappa shape index (κ3) is 4.74. The number of carbonyl (C=O) groups is 2. The molecule has 0 radical (unpaired) electrons. The van der Waals surface area contributed by atoms with Gasteiger partial charge in [-0.05, 0) is 6.92 Å². The predicted molar refractivity (Wildman–Crippen MR) is 57.1 cm³/mol. The van der Waals surface area contributed by atoms with Crippen LogP contribution in [-0.4, -0.2) is 53.8 Å². The van der Waals surface area contributed by atoms with Crippen LogP contribution in [0.3, 0.4) is 0 Å². The van der Waals surface area contributed by atoms with Gasteiger partial charge in [0.05, 0.1) is 27.6 Å². The number of thiol groups is 1. The smallest absolute Gasteiger partial charge is 0.189 e. The van der Waals surface area contributed by atoms with E-state index in [4.69, 9.17) is 0 Å². The van der Waals surface area contributed by atoms with Crippen LogP contribution in [0.25, 0.3) is 0 Å². The number of hydrogen-bond acceptors (Lipinski definition) is 3. The van der Waals surface area contributed by atoms with Crippen molar-refractivity contribution < 1.29 is 19.2 Å². The molecular weight excluding hydrogens is 202 g/mol. The van der Waals surface area contributed by atoms with Crippen LogP contribution >= 0.6 is 12.6 Å². The summed E-state index contributed by atoms with van der Waals surface area (Å²) in [5.41, 5.74) is -1.59. The highest BCUT2D eigenvalue weighted by Crippen LogP contribution is 2.17. The summed E-state index contributed by atoms with van der Waals surface area (Å²) in [5, 5.41) is 9.48. The molecule has 4 nitrogen and oxygen atoms in total. The minimum atomic E-state index is -1.59. The van der Waals surface area contributed by atoms with Crippen LogP contribution in [0, 0.1) is 0 Å². The topological polar surface area (TPSA) is 54.4 Å². The average molecular weight is 220 g/mol. The second-order valence-corrected chi connectivity index (χ2v) is 5.11. The third-order valence-electron chi connectivity index (χ3n) is 1.83. The van der Waals surface area contributed by atoms with Crippen LogP contribution in [0.5, 0.6) is 0 Å². The number of nitrogens with zero attached hydrogens (tertiary/aromatic N) is 1. The Labute approximate surface area is 89.9 Å². The summed E-state index contributed by atoms with van der Waals surface area (Å²) < 4.78 is 0.414. The second kappa shape index (κ2) is 4.42. The van der Waals surface area contributed by atoms with Crippen molar-refractivity contribution in [1.29, 1.82) is 0 Å². The van der Waals surface area contributed by atoms with Gasteiger partial charge in [-0.25, -0.2) is 0 Å². The highest BCUT2D eigenvalue weighted by molar-refractivity contribution is 7.96. The average Bonchev–Trinajstić information content (AvgIpc) is 1.79. The molecule has 0 aliphatic carbocycles. The molecule has 1 unspecified atom stereocenters. The van der Waals surface area contributed by atoms with E-state index in [1.807, 2.05) is 21.1 Å². The lowest BCUT2D eigenvalue weighted by molar-refractivity contribution is -0.875. The third-order valence-corrected chi connectivity index (χ3v) is 1.99. The molecule has 0 saturated heterocycles. The molecule has 0 aromatic carbocycles. The first-order chi connectivity index (χ1) is 6.07. The van der Waals surface area contributed by atoms with Crippen LogP contribution in [0.2, 0.25) is 0 Å². The molecule has 0 aromatic rings. The van der Waals surface area contributed by atoms with E-state index >= 15 is 0 Å². The molecule has 0 amide bonds. The quantitative estimate of drug-likeness (QED) is 0.501. The van der Waals surface area contributed by atoms with E-state index in [1.165, 1.54) is 6.92 Å². The molecule has 0 aromatic heterocycles. The van der Waals surface area contributed by atoms with Crippen molar-refractivity contribution in [1.82, 2.24) is 0 Å². The molecule has 0 bridgehead atoms. The van der Waals surface area contributed by atoms with Crippen molar-refractivity contribution in [2.75, 3.05) is 27.7 Å². The highest BCUT2D eigenvalue weighted by atomic mass is 32.1. The summed E-state index contributed by atoms with van der Waals surface area (Å²) in [6.07, 6.45) is -0.235. The number of carbonyl (C=O) groups excluding carboxylic acids is 2. The van der Waals surface area contributed by atoms with Crippen molar-refractivity contribution in [3.8, 4) is 0 Å². The monoisotopic (exact) mass is 220 g/mol. The molecule has 82 valence electrons. The Morgan fingerprint density at radius 3 is 2.00 bits per heavy atom. The molecule has 0 aliphatic rings. The number of Topliss-reactive ketones (excluding diaryl/α,β-unsaturated/α-hetero) is 1. The lowest BCUT2D eigenvalue weighted by atomic mass is 9.94. The fourth-order valence-corrected chi connectivity index (χ4v) is 1.59. The van der Waals surface area contributed by atoms with Crippen LogP contribution in [-0.2, 0) is 9.59 Å². The fraction of sp³-hybridized carbons (Fsp3) is 0.778. The number of ketones is 1. The van der Waals surface area contributed by atoms with Gasteiger partial charge in [0, 0.05) is 0 Å². The molecule has 5 heteroatoms. The number of quaternary nitrogens is 1. The molecule has 0 aliphatic heterocycles. The maximum Gasteiger partial charge on any atom is 0.189 e. The maximum absolute atomic E-state index is 11.2. The van der Waals surface area contributed by atoms with E-state index in [2.05, 4.69) is 12.6 Å². The number of hydrogen-bond donors (Lipinski definition) is 2. The first kappa shape index (κ1) is 13.6. The van der Waals surface area contributed by atoms with Gasteiger partial charge >= 0.3 is 0 Å². The van der Waals surface area contributed by atoms with E-state index in [9.17, 15) is 14.7 Å². The highest BCUT2D eigenvalue weighted by Gasteiger charge is 2.39. The van der Waals surface area contributed by atoms with Gasteiger partial charge in [0.15, 0.2) is 16.5 Å². The molecule has 0 fully saturated rings. The Balaban J connectivity index is 4.73. The van der Waals surface area contributed by atoms with Gasteiger partial charge in [0.25, 0.3) is 0 Å². The summed E-state index contributed by atoms with van der Waals surface area (Å²) in [4.78, 5) is 22.0. The first-order valence-corrected chi connectivity index (χ1v) is 4.77.